The van der Waals surface area contributed by atoms with Crippen LogP contribution in [0.2, 0.25) is 5.02 Å². The molecule has 0 bridgehead atoms. The molecule has 0 spiro atoms. The zero-order valence-corrected chi connectivity index (χ0v) is 15.4. The van der Waals surface area contributed by atoms with Crippen LogP contribution >= 0.6 is 11.6 Å². The number of hydrogen-bond acceptors (Lipinski definition) is 4. The van der Waals surface area contributed by atoms with Crippen LogP contribution in [0, 0.1) is 0 Å². The Morgan fingerprint density at radius 3 is 2.68 bits per heavy atom. The second-order valence-electron chi connectivity index (χ2n) is 6.17. The van der Waals surface area contributed by atoms with Gasteiger partial charge in [0.25, 0.3) is 11.5 Å². The van der Waals surface area contributed by atoms with Gasteiger partial charge in [-0.05, 0) is 54.1 Å². The number of carbonyl (C=O) groups is 1. The molecule has 6 nitrogen and oxygen atoms in total. The van der Waals surface area contributed by atoms with Gasteiger partial charge in [0.1, 0.15) is 6.33 Å². The van der Waals surface area contributed by atoms with Gasteiger partial charge < -0.3 is 5.32 Å². The van der Waals surface area contributed by atoms with Gasteiger partial charge in [0.15, 0.2) is 0 Å². The minimum atomic E-state index is -0.237. The molecule has 0 unspecified atom stereocenters. The van der Waals surface area contributed by atoms with Crippen LogP contribution in [0.15, 0.2) is 78.1 Å². The Balaban J connectivity index is 1.62. The van der Waals surface area contributed by atoms with Crippen LogP contribution in [0.4, 0.5) is 0 Å². The van der Waals surface area contributed by atoms with Gasteiger partial charge >= 0.3 is 0 Å². The van der Waals surface area contributed by atoms with Crippen LogP contribution in [0.25, 0.3) is 16.6 Å². The summed E-state index contributed by atoms with van der Waals surface area (Å²) in [4.78, 5) is 33.5. The van der Waals surface area contributed by atoms with Crippen molar-refractivity contribution in [2.24, 2.45) is 0 Å². The van der Waals surface area contributed by atoms with Crippen LogP contribution in [0.5, 0.6) is 0 Å². The van der Waals surface area contributed by atoms with Gasteiger partial charge in [-0.15, -0.1) is 0 Å². The standard InChI is InChI=1S/C21H15ClN4O2/c22-16-2-1-3-17(11-16)26-13-25-19-10-15(4-5-18(19)21(26)28)20(27)24-12-14-6-8-23-9-7-14/h1-11,13H,12H2,(H,24,27). The summed E-state index contributed by atoms with van der Waals surface area (Å²) in [6.07, 6.45) is 4.79. The molecule has 0 radical (unpaired) electrons. The molecule has 4 rings (SSSR count). The molecule has 28 heavy (non-hydrogen) atoms. The normalized spacial score (nSPS) is 10.8. The number of aromatic nitrogens is 3. The van der Waals surface area contributed by atoms with Crippen LogP contribution in [0.3, 0.4) is 0 Å². The van der Waals surface area contributed by atoms with E-state index in [1.165, 1.54) is 10.9 Å². The van der Waals surface area contributed by atoms with Crippen LogP contribution in [0.1, 0.15) is 15.9 Å². The number of nitrogens with zero attached hydrogens (tertiary/aromatic N) is 3. The van der Waals surface area contributed by atoms with E-state index in [9.17, 15) is 9.59 Å². The lowest BCUT2D eigenvalue weighted by atomic mass is 10.1. The second kappa shape index (κ2) is 7.62. The van der Waals surface area contributed by atoms with E-state index in [4.69, 9.17) is 11.6 Å². The van der Waals surface area contributed by atoms with Gasteiger partial charge in [0, 0.05) is 29.5 Å². The number of carbonyl (C=O) groups excluding carboxylic acids is 1. The zero-order valence-electron chi connectivity index (χ0n) is 14.7. The highest BCUT2D eigenvalue weighted by atomic mass is 35.5. The predicted octanol–water partition coefficient (Wildman–Crippen LogP) is 3.36. The third-order valence-corrected chi connectivity index (χ3v) is 4.55. The van der Waals surface area contributed by atoms with E-state index >= 15 is 0 Å². The summed E-state index contributed by atoms with van der Waals surface area (Å²) in [5, 5.41) is 3.80. The summed E-state index contributed by atoms with van der Waals surface area (Å²) < 4.78 is 1.43. The Kier molecular flexibility index (Phi) is 4.87. The first kappa shape index (κ1) is 17.9. The fourth-order valence-corrected chi connectivity index (χ4v) is 3.04. The average Bonchev–Trinajstić information content (AvgIpc) is 2.73. The number of hydrogen-bond donors (Lipinski definition) is 1. The minimum absolute atomic E-state index is 0.226. The Morgan fingerprint density at radius 1 is 1.07 bits per heavy atom. The zero-order chi connectivity index (χ0) is 19.5. The second-order valence-corrected chi connectivity index (χ2v) is 6.61. The van der Waals surface area contributed by atoms with Crippen molar-refractivity contribution in [2.45, 2.75) is 6.54 Å². The van der Waals surface area contributed by atoms with E-state index in [0.29, 0.717) is 33.7 Å². The molecule has 138 valence electrons. The highest BCUT2D eigenvalue weighted by Crippen LogP contribution is 2.15. The molecular weight excluding hydrogens is 376 g/mol. The van der Waals surface area contributed by atoms with Gasteiger partial charge in [-0.2, -0.15) is 0 Å². The highest BCUT2D eigenvalue weighted by molar-refractivity contribution is 6.30. The number of fused-ring (bicyclic) bond motifs is 1. The minimum Gasteiger partial charge on any atom is -0.348 e. The first-order chi connectivity index (χ1) is 13.6. The third-order valence-electron chi connectivity index (χ3n) is 4.31. The molecule has 0 saturated heterocycles. The lowest BCUT2D eigenvalue weighted by molar-refractivity contribution is 0.0951. The first-order valence-corrected chi connectivity index (χ1v) is 8.94. The molecule has 0 atom stereocenters. The monoisotopic (exact) mass is 390 g/mol. The van der Waals surface area contributed by atoms with Gasteiger partial charge in [-0.3, -0.25) is 19.1 Å². The number of nitrogens with one attached hydrogen (secondary N) is 1. The van der Waals surface area contributed by atoms with Gasteiger partial charge in [0.05, 0.1) is 16.6 Å². The van der Waals surface area contributed by atoms with Crippen molar-refractivity contribution in [1.29, 1.82) is 0 Å². The number of halogens is 1. The number of pyridine rings is 1. The Morgan fingerprint density at radius 2 is 1.89 bits per heavy atom. The lowest BCUT2D eigenvalue weighted by Gasteiger charge is -2.09. The van der Waals surface area contributed by atoms with Crippen LogP contribution < -0.4 is 10.9 Å². The summed E-state index contributed by atoms with van der Waals surface area (Å²) in [7, 11) is 0. The number of benzene rings is 2. The Bertz CT molecular complexity index is 1220. The fourth-order valence-electron chi connectivity index (χ4n) is 2.86. The van der Waals surface area contributed by atoms with Crippen molar-refractivity contribution in [3.8, 4) is 5.69 Å². The molecule has 7 heteroatoms. The van der Waals surface area contributed by atoms with E-state index in [-0.39, 0.29) is 11.5 Å². The number of rotatable bonds is 4. The quantitative estimate of drug-likeness (QED) is 0.579. The third kappa shape index (κ3) is 3.63. The summed E-state index contributed by atoms with van der Waals surface area (Å²) >= 11 is 6.01. The molecule has 0 saturated carbocycles. The number of amides is 1. The molecular formula is C21H15ClN4O2. The lowest BCUT2D eigenvalue weighted by Crippen LogP contribution is -2.23. The van der Waals surface area contributed by atoms with Gasteiger partial charge in [-0.1, -0.05) is 17.7 Å². The summed E-state index contributed by atoms with van der Waals surface area (Å²) in [5.41, 5.74) is 2.25. The molecule has 0 aliphatic rings. The Hall–Kier alpha value is -3.51. The largest absolute Gasteiger partial charge is 0.348 e. The molecule has 0 fully saturated rings. The van der Waals surface area contributed by atoms with E-state index in [1.807, 2.05) is 12.1 Å². The molecule has 1 amide bonds. The van der Waals surface area contributed by atoms with Crippen molar-refractivity contribution in [3.63, 3.8) is 0 Å². The molecule has 0 aliphatic carbocycles. The summed E-state index contributed by atoms with van der Waals surface area (Å²) in [5.74, 6) is -0.237. The molecule has 2 heterocycles. The molecule has 1 N–H and O–H groups in total. The van der Waals surface area contributed by atoms with Crippen molar-refractivity contribution in [1.82, 2.24) is 19.9 Å². The Labute approximate surface area is 165 Å². The van der Waals surface area contributed by atoms with Crippen LogP contribution in [-0.2, 0) is 6.54 Å². The van der Waals surface area contributed by atoms with Crippen molar-refractivity contribution >= 4 is 28.4 Å². The average molecular weight is 391 g/mol. The van der Waals surface area contributed by atoms with Crippen LogP contribution in [-0.4, -0.2) is 20.4 Å². The predicted molar refractivity (Wildman–Crippen MR) is 108 cm³/mol. The van der Waals surface area contributed by atoms with E-state index in [2.05, 4.69) is 15.3 Å². The maximum atomic E-state index is 12.8. The highest BCUT2D eigenvalue weighted by Gasteiger charge is 2.11. The van der Waals surface area contributed by atoms with Gasteiger partial charge in [-0.25, -0.2) is 4.98 Å². The first-order valence-electron chi connectivity index (χ1n) is 8.56. The maximum absolute atomic E-state index is 12.8. The van der Waals surface area contributed by atoms with Crippen molar-refractivity contribution in [2.75, 3.05) is 0 Å². The van der Waals surface area contributed by atoms with E-state index in [1.54, 1.807) is 54.9 Å². The van der Waals surface area contributed by atoms with E-state index < -0.39 is 0 Å². The molecule has 0 aliphatic heterocycles. The fraction of sp³-hybridized carbons (Fsp3) is 0.0476. The molecule has 4 aromatic rings. The topological polar surface area (TPSA) is 76.9 Å². The van der Waals surface area contributed by atoms with Crippen molar-refractivity contribution < 1.29 is 4.79 Å². The summed E-state index contributed by atoms with van der Waals surface area (Å²) in [6, 6.07) is 15.5. The molecule has 2 aromatic carbocycles. The SMILES string of the molecule is O=C(NCc1ccncc1)c1ccc2c(=O)n(-c3cccc(Cl)c3)cnc2c1. The maximum Gasteiger partial charge on any atom is 0.265 e. The van der Waals surface area contributed by atoms with Gasteiger partial charge in [0.2, 0.25) is 0 Å². The van der Waals surface area contributed by atoms with Crippen molar-refractivity contribution in [3.05, 3.63) is 99.8 Å². The van der Waals surface area contributed by atoms with E-state index in [0.717, 1.165) is 5.56 Å². The summed E-state index contributed by atoms with van der Waals surface area (Å²) in [6.45, 7) is 0.392. The smallest absolute Gasteiger partial charge is 0.265 e. The molecule has 2 aromatic heterocycles.